The van der Waals surface area contributed by atoms with Gasteiger partial charge in [-0.3, -0.25) is 0 Å². The Labute approximate surface area is 112 Å². The third kappa shape index (κ3) is 2.24. The second-order valence-electron chi connectivity index (χ2n) is 3.92. The van der Waals surface area contributed by atoms with Gasteiger partial charge in [-0.1, -0.05) is 13.8 Å². The molecule has 0 aromatic carbocycles. The van der Waals surface area contributed by atoms with Gasteiger partial charge in [0.05, 0.1) is 16.1 Å². The predicted octanol–water partition coefficient (Wildman–Crippen LogP) is 3.69. The number of carbonyl (C=O) groups excluding carboxylic acids is 1. The van der Waals surface area contributed by atoms with Crippen molar-refractivity contribution in [3.63, 3.8) is 0 Å². The van der Waals surface area contributed by atoms with Crippen LogP contribution in [0.3, 0.4) is 0 Å². The summed E-state index contributed by atoms with van der Waals surface area (Å²) in [6, 6.07) is 0. The van der Waals surface area contributed by atoms with Gasteiger partial charge >= 0.3 is 5.97 Å². The number of esters is 1. The summed E-state index contributed by atoms with van der Waals surface area (Å²) in [6.45, 7) is 6.34. The van der Waals surface area contributed by atoms with E-state index >= 15 is 0 Å². The number of ether oxygens (including phenoxy) is 1. The van der Waals surface area contributed by atoms with Crippen molar-refractivity contribution in [2.45, 2.75) is 26.7 Å². The summed E-state index contributed by atoms with van der Waals surface area (Å²) >= 11 is 4.97. The molecule has 0 bridgehead atoms. The number of rotatable bonds is 3. The summed E-state index contributed by atoms with van der Waals surface area (Å²) in [6.07, 6.45) is 0. The van der Waals surface area contributed by atoms with Crippen LogP contribution in [-0.4, -0.2) is 22.5 Å². The minimum absolute atomic E-state index is 0.351. The van der Waals surface area contributed by atoms with Crippen LogP contribution in [0.2, 0.25) is 0 Å². The Morgan fingerprint density at radius 1 is 1.59 bits per heavy atom. The average molecular weight is 317 g/mol. The van der Waals surface area contributed by atoms with Crippen LogP contribution in [0.15, 0.2) is 4.47 Å². The van der Waals surface area contributed by atoms with E-state index in [4.69, 9.17) is 4.74 Å². The van der Waals surface area contributed by atoms with Gasteiger partial charge in [-0.25, -0.2) is 9.78 Å². The van der Waals surface area contributed by atoms with Gasteiger partial charge in [0.25, 0.3) is 0 Å². The fourth-order valence-electron chi connectivity index (χ4n) is 1.45. The molecule has 0 spiro atoms. The molecule has 0 aliphatic rings. The molecular weight excluding hydrogens is 304 g/mol. The van der Waals surface area contributed by atoms with E-state index in [1.165, 1.54) is 0 Å². The fourth-order valence-corrected chi connectivity index (χ4v) is 3.11. The van der Waals surface area contributed by atoms with Gasteiger partial charge < -0.3 is 9.72 Å². The van der Waals surface area contributed by atoms with Crippen molar-refractivity contribution in [1.29, 1.82) is 0 Å². The summed E-state index contributed by atoms with van der Waals surface area (Å²) < 4.78 is 5.65. The molecule has 0 aliphatic heterocycles. The number of nitrogens with zero attached hydrogens (tertiary/aromatic N) is 1. The summed E-state index contributed by atoms with van der Waals surface area (Å²) in [5.41, 5.74) is 1.25. The van der Waals surface area contributed by atoms with E-state index in [1.54, 1.807) is 18.3 Å². The topological polar surface area (TPSA) is 55.0 Å². The zero-order chi connectivity index (χ0) is 12.6. The summed E-state index contributed by atoms with van der Waals surface area (Å²) in [4.78, 5) is 20.1. The molecule has 0 aliphatic carbocycles. The Bertz CT molecular complexity index is 559. The van der Waals surface area contributed by atoms with E-state index in [0.717, 1.165) is 15.4 Å². The van der Waals surface area contributed by atoms with Crippen LogP contribution in [0.4, 0.5) is 0 Å². The molecule has 0 saturated carbocycles. The maximum Gasteiger partial charge on any atom is 0.356 e. The van der Waals surface area contributed by atoms with Crippen molar-refractivity contribution in [2.24, 2.45) is 0 Å². The monoisotopic (exact) mass is 316 g/mol. The van der Waals surface area contributed by atoms with Crippen LogP contribution >= 0.6 is 27.3 Å². The van der Waals surface area contributed by atoms with Crippen molar-refractivity contribution >= 4 is 43.6 Å². The normalized spacial score (nSPS) is 11.4. The first kappa shape index (κ1) is 12.6. The second kappa shape index (κ2) is 4.78. The van der Waals surface area contributed by atoms with Gasteiger partial charge in [0.2, 0.25) is 0 Å². The van der Waals surface area contributed by atoms with Crippen molar-refractivity contribution in [3.8, 4) is 0 Å². The molecule has 0 radical (unpaired) electrons. The Morgan fingerprint density at radius 3 is 2.82 bits per heavy atom. The van der Waals surface area contributed by atoms with Gasteiger partial charge in [0, 0.05) is 5.92 Å². The number of H-pyrrole nitrogens is 1. The summed E-state index contributed by atoms with van der Waals surface area (Å²) in [5.74, 6) is 0.0365. The molecule has 0 amide bonds. The molecule has 0 saturated heterocycles. The maximum atomic E-state index is 11.6. The lowest BCUT2D eigenvalue weighted by Gasteiger charge is -1.99. The Balaban J connectivity index is 2.45. The standard InChI is InChI=1S/C11H13BrN2O2S/c1-4-16-11(15)8-6(12)7-10(14-8)17-9(13-7)5(2)3/h5,14H,4H2,1-3H3. The maximum absolute atomic E-state index is 11.6. The van der Waals surface area contributed by atoms with Crippen LogP contribution < -0.4 is 0 Å². The van der Waals surface area contributed by atoms with Crippen molar-refractivity contribution in [2.75, 3.05) is 6.61 Å². The number of nitrogens with one attached hydrogen (secondary N) is 1. The molecule has 1 N–H and O–H groups in total. The van der Waals surface area contributed by atoms with Crippen molar-refractivity contribution < 1.29 is 9.53 Å². The first-order valence-electron chi connectivity index (χ1n) is 5.39. The highest BCUT2D eigenvalue weighted by atomic mass is 79.9. The molecule has 0 unspecified atom stereocenters. The van der Waals surface area contributed by atoms with Crippen LogP contribution in [0.1, 0.15) is 42.2 Å². The molecular formula is C11H13BrN2O2S. The van der Waals surface area contributed by atoms with Gasteiger partial charge in [-0.15, -0.1) is 11.3 Å². The van der Waals surface area contributed by atoms with Crippen molar-refractivity contribution in [1.82, 2.24) is 9.97 Å². The number of hydrogen-bond acceptors (Lipinski definition) is 4. The van der Waals surface area contributed by atoms with Gasteiger partial charge in [0.15, 0.2) is 0 Å². The number of thiazole rings is 1. The van der Waals surface area contributed by atoms with Crippen LogP contribution in [0.25, 0.3) is 10.3 Å². The first-order valence-corrected chi connectivity index (χ1v) is 7.00. The number of carbonyl (C=O) groups is 1. The second-order valence-corrected chi connectivity index (χ2v) is 5.74. The smallest absolute Gasteiger partial charge is 0.356 e. The molecule has 0 fully saturated rings. The van der Waals surface area contributed by atoms with Gasteiger partial charge in [0.1, 0.15) is 16.0 Å². The Morgan fingerprint density at radius 2 is 2.29 bits per heavy atom. The molecule has 6 heteroatoms. The molecule has 0 atom stereocenters. The Hall–Kier alpha value is -0.880. The largest absolute Gasteiger partial charge is 0.461 e. The third-order valence-electron chi connectivity index (χ3n) is 2.28. The number of halogens is 1. The summed E-state index contributed by atoms with van der Waals surface area (Å²) in [5, 5.41) is 1.06. The van der Waals surface area contributed by atoms with Crippen LogP contribution in [0, 0.1) is 0 Å². The highest BCUT2D eigenvalue weighted by Gasteiger charge is 2.20. The van der Waals surface area contributed by atoms with E-state index in [2.05, 4.69) is 39.7 Å². The highest BCUT2D eigenvalue weighted by molar-refractivity contribution is 9.10. The molecule has 92 valence electrons. The first-order chi connectivity index (χ1) is 8.04. The van der Waals surface area contributed by atoms with Crippen LogP contribution in [-0.2, 0) is 4.74 Å². The van der Waals surface area contributed by atoms with Crippen molar-refractivity contribution in [3.05, 3.63) is 15.2 Å². The lowest BCUT2D eigenvalue weighted by Crippen LogP contribution is -2.05. The Kier molecular flexibility index (Phi) is 3.53. The number of hydrogen-bond donors (Lipinski definition) is 1. The number of aromatic nitrogens is 2. The highest BCUT2D eigenvalue weighted by Crippen LogP contribution is 2.34. The van der Waals surface area contributed by atoms with E-state index < -0.39 is 0 Å². The number of fused-ring (bicyclic) bond motifs is 1. The lowest BCUT2D eigenvalue weighted by atomic mass is 10.2. The van der Waals surface area contributed by atoms with Gasteiger partial charge in [-0.2, -0.15) is 0 Å². The zero-order valence-electron chi connectivity index (χ0n) is 9.83. The average Bonchev–Trinajstić information content (AvgIpc) is 2.79. The molecule has 2 aromatic rings. The van der Waals surface area contributed by atoms with E-state index in [-0.39, 0.29) is 5.97 Å². The fraction of sp³-hybridized carbons (Fsp3) is 0.455. The number of aromatic amines is 1. The quantitative estimate of drug-likeness (QED) is 0.879. The lowest BCUT2D eigenvalue weighted by molar-refractivity contribution is 0.0519. The molecule has 2 heterocycles. The third-order valence-corrected chi connectivity index (χ3v) is 4.33. The van der Waals surface area contributed by atoms with E-state index in [0.29, 0.717) is 22.7 Å². The van der Waals surface area contributed by atoms with E-state index in [1.807, 2.05) is 0 Å². The molecule has 4 nitrogen and oxygen atoms in total. The van der Waals surface area contributed by atoms with Gasteiger partial charge in [-0.05, 0) is 22.9 Å². The SMILES string of the molecule is CCOC(=O)c1[nH]c2sc(C(C)C)nc2c1Br. The van der Waals surface area contributed by atoms with Crippen LogP contribution in [0.5, 0.6) is 0 Å². The zero-order valence-corrected chi connectivity index (χ0v) is 12.2. The molecule has 17 heavy (non-hydrogen) atoms. The molecule has 2 rings (SSSR count). The minimum atomic E-state index is -0.351. The minimum Gasteiger partial charge on any atom is -0.461 e. The predicted molar refractivity (Wildman–Crippen MR) is 71.7 cm³/mol. The summed E-state index contributed by atoms with van der Waals surface area (Å²) in [7, 11) is 0. The molecule has 2 aromatic heterocycles. The van der Waals surface area contributed by atoms with E-state index in [9.17, 15) is 4.79 Å².